The second-order valence-corrected chi connectivity index (χ2v) is 6.63. The molecule has 2 heterocycles. The normalized spacial score (nSPS) is 14.1. The third kappa shape index (κ3) is 3.39. The van der Waals surface area contributed by atoms with Gasteiger partial charge in [-0.1, -0.05) is 6.07 Å². The van der Waals surface area contributed by atoms with Gasteiger partial charge in [-0.05, 0) is 35.6 Å². The summed E-state index contributed by atoms with van der Waals surface area (Å²) in [6.45, 7) is 2.86. The molecule has 138 valence electrons. The van der Waals surface area contributed by atoms with E-state index >= 15 is 0 Å². The third-order valence-electron chi connectivity index (χ3n) is 4.41. The van der Waals surface area contributed by atoms with Crippen LogP contribution in [-0.4, -0.2) is 37.6 Å². The molecule has 0 aliphatic carbocycles. The summed E-state index contributed by atoms with van der Waals surface area (Å²) in [6, 6.07) is 5.04. The molecule has 1 aromatic carbocycles. The number of benzene rings is 1. The first-order valence-corrected chi connectivity index (χ1v) is 9.26. The van der Waals surface area contributed by atoms with Crippen LogP contribution in [0.4, 0.5) is 0 Å². The number of carbonyl (C=O) groups excluding carboxylic acids is 2. The van der Waals surface area contributed by atoms with Crippen LogP contribution < -0.4 is 9.47 Å². The van der Waals surface area contributed by atoms with Crippen molar-refractivity contribution in [3.63, 3.8) is 0 Å². The molecule has 3 rings (SSSR count). The lowest BCUT2D eigenvalue weighted by Gasteiger charge is -2.28. The van der Waals surface area contributed by atoms with E-state index in [0.29, 0.717) is 30.2 Å². The molecule has 0 spiro atoms. The molecule has 6 nitrogen and oxygen atoms in total. The van der Waals surface area contributed by atoms with Gasteiger partial charge in [0, 0.05) is 11.9 Å². The van der Waals surface area contributed by atoms with Gasteiger partial charge < -0.3 is 19.1 Å². The van der Waals surface area contributed by atoms with E-state index in [1.807, 2.05) is 29.8 Å². The lowest BCUT2D eigenvalue weighted by molar-refractivity contribution is -0.141. The zero-order valence-corrected chi connectivity index (χ0v) is 15.8. The largest absolute Gasteiger partial charge is 0.493 e. The van der Waals surface area contributed by atoms with Crippen LogP contribution in [0.5, 0.6) is 11.5 Å². The minimum absolute atomic E-state index is 0.0658. The van der Waals surface area contributed by atoms with Crippen LogP contribution in [-0.2, 0) is 16.1 Å². The number of thiophene rings is 1. The second-order valence-electron chi connectivity index (χ2n) is 5.88. The summed E-state index contributed by atoms with van der Waals surface area (Å²) in [6.07, 6.45) is 0.0772. The maximum Gasteiger partial charge on any atom is 0.307 e. The average Bonchev–Trinajstić information content (AvgIpc) is 3.23. The number of ether oxygens (including phenoxy) is 3. The van der Waals surface area contributed by atoms with E-state index in [1.165, 1.54) is 18.4 Å². The van der Waals surface area contributed by atoms with Crippen molar-refractivity contribution in [1.29, 1.82) is 0 Å². The van der Waals surface area contributed by atoms with Gasteiger partial charge in [-0.3, -0.25) is 9.59 Å². The lowest BCUT2D eigenvalue weighted by atomic mass is 10.0. The van der Waals surface area contributed by atoms with Gasteiger partial charge in [0.1, 0.15) is 0 Å². The van der Waals surface area contributed by atoms with Crippen molar-refractivity contribution in [1.82, 2.24) is 4.90 Å². The van der Waals surface area contributed by atoms with Crippen molar-refractivity contribution in [3.05, 3.63) is 45.6 Å². The third-order valence-corrected chi connectivity index (χ3v) is 5.20. The summed E-state index contributed by atoms with van der Waals surface area (Å²) < 4.78 is 15.8. The average molecular weight is 375 g/mol. The predicted octanol–water partition coefficient (Wildman–Crippen LogP) is 3.42. The summed E-state index contributed by atoms with van der Waals surface area (Å²) in [7, 11) is 2.92. The summed E-state index contributed by atoms with van der Waals surface area (Å²) in [4.78, 5) is 26.5. The van der Waals surface area contributed by atoms with E-state index in [4.69, 9.17) is 14.2 Å². The summed E-state index contributed by atoms with van der Waals surface area (Å²) >= 11 is 1.51. The molecule has 2 aromatic rings. The number of amides is 1. The number of esters is 1. The first kappa shape index (κ1) is 18.3. The molecule has 1 atom stereocenters. The molecule has 26 heavy (non-hydrogen) atoms. The molecule has 1 aliphatic rings. The van der Waals surface area contributed by atoms with Gasteiger partial charge in [0.05, 0.1) is 38.9 Å². The molecule has 0 N–H and O–H groups in total. The standard InChI is InChI=1S/C19H21NO5S/c1-4-25-17-7-12(5-6-16(17)23-2)15(8-18(21)24-3)20-9-13-10-26-11-14(13)19(20)22/h5-7,10-11,15H,4,8-9H2,1-3H3. The lowest BCUT2D eigenvalue weighted by Crippen LogP contribution is -2.31. The van der Waals surface area contributed by atoms with Crippen LogP contribution in [0.1, 0.15) is 40.9 Å². The van der Waals surface area contributed by atoms with Gasteiger partial charge in [0.25, 0.3) is 5.91 Å². The minimum Gasteiger partial charge on any atom is -0.493 e. The van der Waals surface area contributed by atoms with E-state index in [0.717, 1.165) is 11.1 Å². The first-order chi connectivity index (χ1) is 12.6. The smallest absolute Gasteiger partial charge is 0.307 e. The molecule has 1 amide bonds. The topological polar surface area (TPSA) is 65.1 Å². The number of rotatable bonds is 7. The van der Waals surface area contributed by atoms with Crippen LogP contribution in [0.25, 0.3) is 0 Å². The zero-order chi connectivity index (χ0) is 18.7. The molecule has 1 aromatic heterocycles. The predicted molar refractivity (Wildman–Crippen MR) is 97.7 cm³/mol. The van der Waals surface area contributed by atoms with Crippen molar-refractivity contribution in [2.24, 2.45) is 0 Å². The summed E-state index contributed by atoms with van der Waals surface area (Å²) in [5, 5.41) is 3.83. The number of fused-ring (bicyclic) bond motifs is 1. The fraction of sp³-hybridized carbons (Fsp3) is 0.368. The van der Waals surface area contributed by atoms with Crippen LogP contribution >= 0.6 is 11.3 Å². The fourth-order valence-electron chi connectivity index (χ4n) is 3.11. The molecular weight excluding hydrogens is 354 g/mol. The Hall–Kier alpha value is -2.54. The Morgan fingerprint density at radius 2 is 2.08 bits per heavy atom. The number of nitrogens with zero attached hydrogens (tertiary/aromatic N) is 1. The summed E-state index contributed by atoms with van der Waals surface area (Å²) in [5.74, 6) is 0.761. The Bertz CT molecular complexity index is 816. The SMILES string of the molecule is CCOc1cc(C(CC(=O)OC)N2Cc3cscc3C2=O)ccc1OC. The number of methoxy groups -OCH3 is 2. The van der Waals surface area contributed by atoms with Crippen molar-refractivity contribution in [3.8, 4) is 11.5 Å². The highest BCUT2D eigenvalue weighted by atomic mass is 32.1. The van der Waals surface area contributed by atoms with Gasteiger partial charge in [-0.15, -0.1) is 0 Å². The van der Waals surface area contributed by atoms with E-state index in [9.17, 15) is 9.59 Å². The highest BCUT2D eigenvalue weighted by Gasteiger charge is 2.35. The molecule has 0 bridgehead atoms. The molecular formula is C19H21NO5S. The minimum atomic E-state index is -0.433. The Morgan fingerprint density at radius 1 is 1.27 bits per heavy atom. The monoisotopic (exact) mass is 375 g/mol. The first-order valence-electron chi connectivity index (χ1n) is 8.32. The van der Waals surface area contributed by atoms with Crippen LogP contribution in [0.2, 0.25) is 0 Å². The maximum atomic E-state index is 12.8. The van der Waals surface area contributed by atoms with Crippen molar-refractivity contribution in [2.45, 2.75) is 25.9 Å². The van der Waals surface area contributed by atoms with Gasteiger partial charge in [-0.25, -0.2) is 0 Å². The van der Waals surface area contributed by atoms with Crippen molar-refractivity contribution < 1.29 is 23.8 Å². The van der Waals surface area contributed by atoms with Gasteiger partial charge in [0.15, 0.2) is 11.5 Å². The number of hydrogen-bond acceptors (Lipinski definition) is 6. The molecule has 0 fully saturated rings. The van der Waals surface area contributed by atoms with Crippen molar-refractivity contribution >= 4 is 23.2 Å². The van der Waals surface area contributed by atoms with E-state index in [2.05, 4.69) is 0 Å². The highest BCUT2D eigenvalue weighted by molar-refractivity contribution is 7.08. The molecule has 7 heteroatoms. The van der Waals surface area contributed by atoms with Gasteiger partial charge in [0.2, 0.25) is 0 Å². The quantitative estimate of drug-likeness (QED) is 0.694. The number of carbonyl (C=O) groups is 2. The second kappa shape index (κ2) is 7.78. The fourth-order valence-corrected chi connectivity index (χ4v) is 3.94. The van der Waals surface area contributed by atoms with E-state index in [1.54, 1.807) is 18.1 Å². The molecule has 0 saturated heterocycles. The number of hydrogen-bond donors (Lipinski definition) is 0. The van der Waals surface area contributed by atoms with Crippen molar-refractivity contribution in [2.75, 3.05) is 20.8 Å². The van der Waals surface area contributed by atoms with E-state index < -0.39 is 6.04 Å². The molecule has 0 radical (unpaired) electrons. The highest BCUT2D eigenvalue weighted by Crippen LogP contribution is 2.38. The Balaban J connectivity index is 1.97. The Morgan fingerprint density at radius 3 is 2.73 bits per heavy atom. The molecule has 0 saturated carbocycles. The Labute approximate surface area is 156 Å². The van der Waals surface area contributed by atoms with Crippen LogP contribution in [0.3, 0.4) is 0 Å². The molecule has 1 aliphatic heterocycles. The maximum absolute atomic E-state index is 12.8. The molecule has 1 unspecified atom stereocenters. The zero-order valence-electron chi connectivity index (χ0n) is 15.0. The van der Waals surface area contributed by atoms with Gasteiger partial charge >= 0.3 is 5.97 Å². The Kier molecular flexibility index (Phi) is 5.46. The summed E-state index contributed by atoms with van der Waals surface area (Å²) in [5.41, 5.74) is 2.51. The van der Waals surface area contributed by atoms with Crippen LogP contribution in [0.15, 0.2) is 29.0 Å². The van der Waals surface area contributed by atoms with Gasteiger partial charge in [-0.2, -0.15) is 11.3 Å². The van der Waals surface area contributed by atoms with Crippen LogP contribution in [0, 0.1) is 0 Å². The van der Waals surface area contributed by atoms with E-state index in [-0.39, 0.29) is 18.3 Å².